The summed E-state index contributed by atoms with van der Waals surface area (Å²) < 4.78 is 2.10. The molecule has 0 aliphatic rings. The first-order valence-electron chi connectivity index (χ1n) is 7.37. The van der Waals surface area contributed by atoms with Gasteiger partial charge in [-0.25, -0.2) is 4.98 Å². The average Bonchev–Trinajstić information content (AvgIpc) is 2.97. The van der Waals surface area contributed by atoms with Crippen molar-refractivity contribution in [3.63, 3.8) is 0 Å². The van der Waals surface area contributed by atoms with Crippen LogP contribution < -0.4 is 4.90 Å². The van der Waals surface area contributed by atoms with Gasteiger partial charge in [0.25, 0.3) is 5.91 Å². The molecule has 22 heavy (non-hydrogen) atoms. The number of rotatable bonds is 3. The maximum absolute atomic E-state index is 12.6. The molecule has 0 saturated heterocycles. The van der Waals surface area contributed by atoms with Crippen LogP contribution >= 0.6 is 0 Å². The summed E-state index contributed by atoms with van der Waals surface area (Å²) in [7, 11) is 1.79. The van der Waals surface area contributed by atoms with Crippen LogP contribution in [0.2, 0.25) is 0 Å². The van der Waals surface area contributed by atoms with Gasteiger partial charge < -0.3 is 9.47 Å². The number of benzene rings is 2. The average molecular weight is 293 g/mol. The third kappa shape index (κ3) is 2.48. The quantitative estimate of drug-likeness (QED) is 0.734. The van der Waals surface area contributed by atoms with Gasteiger partial charge in [0.1, 0.15) is 0 Å². The minimum absolute atomic E-state index is 0.0350. The molecule has 1 heterocycles. The van der Waals surface area contributed by atoms with Crippen molar-refractivity contribution in [1.29, 1.82) is 0 Å². The van der Waals surface area contributed by atoms with Crippen LogP contribution in [0.1, 0.15) is 30.2 Å². The lowest BCUT2D eigenvalue weighted by molar-refractivity contribution is 0.0993. The zero-order valence-corrected chi connectivity index (χ0v) is 13.0. The van der Waals surface area contributed by atoms with E-state index in [-0.39, 0.29) is 5.91 Å². The topological polar surface area (TPSA) is 38.1 Å². The molecule has 0 N–H and O–H groups in total. The van der Waals surface area contributed by atoms with Crippen LogP contribution in [-0.4, -0.2) is 22.5 Å². The van der Waals surface area contributed by atoms with Crippen LogP contribution in [0.3, 0.4) is 0 Å². The minimum Gasteiger partial charge on any atom is -0.328 e. The first-order valence-corrected chi connectivity index (χ1v) is 7.37. The molecule has 112 valence electrons. The molecule has 0 aliphatic carbocycles. The SMILES string of the molecule is CC(C)n1cnc2cc(C(=O)N(C)c3ccccc3)ccc21. The summed E-state index contributed by atoms with van der Waals surface area (Å²) in [5, 5.41) is 0. The van der Waals surface area contributed by atoms with Crippen molar-refractivity contribution in [3.8, 4) is 0 Å². The van der Waals surface area contributed by atoms with Gasteiger partial charge in [-0.15, -0.1) is 0 Å². The predicted molar refractivity (Wildman–Crippen MR) is 89.3 cm³/mol. The fraction of sp³-hybridized carbons (Fsp3) is 0.222. The number of fused-ring (bicyclic) bond motifs is 1. The summed E-state index contributed by atoms with van der Waals surface area (Å²) in [6.07, 6.45) is 1.82. The highest BCUT2D eigenvalue weighted by molar-refractivity contribution is 6.07. The number of hydrogen-bond donors (Lipinski definition) is 0. The zero-order chi connectivity index (χ0) is 15.7. The van der Waals surface area contributed by atoms with E-state index in [9.17, 15) is 4.79 Å². The van der Waals surface area contributed by atoms with E-state index in [4.69, 9.17) is 0 Å². The Balaban J connectivity index is 1.95. The molecule has 0 aliphatic heterocycles. The van der Waals surface area contributed by atoms with Gasteiger partial charge in [0.2, 0.25) is 0 Å². The van der Waals surface area contributed by atoms with E-state index in [0.29, 0.717) is 11.6 Å². The largest absolute Gasteiger partial charge is 0.328 e. The van der Waals surface area contributed by atoms with Gasteiger partial charge in [-0.3, -0.25) is 4.79 Å². The van der Waals surface area contributed by atoms with Gasteiger partial charge in [-0.1, -0.05) is 18.2 Å². The molecule has 4 nitrogen and oxygen atoms in total. The van der Waals surface area contributed by atoms with Gasteiger partial charge in [0.15, 0.2) is 0 Å². The van der Waals surface area contributed by atoms with Crippen molar-refractivity contribution in [2.24, 2.45) is 0 Å². The molecule has 3 rings (SSSR count). The number of imidazole rings is 1. The molecule has 0 saturated carbocycles. The Morgan fingerprint density at radius 1 is 1.14 bits per heavy atom. The molecule has 2 aromatic carbocycles. The van der Waals surface area contributed by atoms with Gasteiger partial charge in [0, 0.05) is 24.3 Å². The van der Waals surface area contributed by atoms with Crippen molar-refractivity contribution in [1.82, 2.24) is 9.55 Å². The molecular weight excluding hydrogens is 274 g/mol. The van der Waals surface area contributed by atoms with Crippen LogP contribution in [-0.2, 0) is 0 Å². The van der Waals surface area contributed by atoms with E-state index in [2.05, 4.69) is 23.4 Å². The first kappa shape index (κ1) is 14.3. The molecule has 0 atom stereocenters. The Kier molecular flexibility index (Phi) is 3.67. The van der Waals surface area contributed by atoms with Gasteiger partial charge in [-0.05, 0) is 44.2 Å². The number of carbonyl (C=O) groups is 1. The second-order valence-electron chi connectivity index (χ2n) is 5.65. The van der Waals surface area contributed by atoms with Crippen molar-refractivity contribution >= 4 is 22.6 Å². The Labute approximate surface area is 130 Å². The smallest absolute Gasteiger partial charge is 0.258 e. The summed E-state index contributed by atoms with van der Waals surface area (Å²) in [6.45, 7) is 4.23. The number of hydrogen-bond acceptors (Lipinski definition) is 2. The molecular formula is C18H19N3O. The molecule has 0 bridgehead atoms. The second-order valence-corrected chi connectivity index (χ2v) is 5.65. The fourth-order valence-corrected chi connectivity index (χ4v) is 2.54. The Bertz CT molecular complexity index is 806. The molecule has 3 aromatic rings. The van der Waals surface area contributed by atoms with Gasteiger partial charge >= 0.3 is 0 Å². The number of amides is 1. The molecule has 0 spiro atoms. The second kappa shape index (κ2) is 5.64. The zero-order valence-electron chi connectivity index (χ0n) is 13.0. The predicted octanol–water partition coefficient (Wildman–Crippen LogP) is 3.89. The minimum atomic E-state index is -0.0350. The number of aromatic nitrogens is 2. The molecule has 0 unspecified atom stereocenters. The Hall–Kier alpha value is -2.62. The summed E-state index contributed by atoms with van der Waals surface area (Å²) in [5.41, 5.74) is 3.42. The van der Waals surface area contributed by atoms with Gasteiger partial charge in [-0.2, -0.15) is 0 Å². The number of para-hydroxylation sites is 1. The highest BCUT2D eigenvalue weighted by Crippen LogP contribution is 2.21. The lowest BCUT2D eigenvalue weighted by Gasteiger charge is -2.17. The molecule has 1 amide bonds. The summed E-state index contributed by atoms with van der Waals surface area (Å²) >= 11 is 0. The molecule has 0 fully saturated rings. The van der Waals surface area contributed by atoms with Crippen LogP contribution in [0, 0.1) is 0 Å². The van der Waals surface area contributed by atoms with Crippen LogP contribution in [0.25, 0.3) is 11.0 Å². The third-order valence-corrected chi connectivity index (χ3v) is 3.83. The maximum atomic E-state index is 12.6. The first-order chi connectivity index (χ1) is 10.6. The number of carbonyl (C=O) groups excluding carboxylic acids is 1. The van der Waals surface area contributed by atoms with E-state index in [1.165, 1.54) is 0 Å². The van der Waals surface area contributed by atoms with Crippen LogP contribution in [0.4, 0.5) is 5.69 Å². The molecule has 0 radical (unpaired) electrons. The van der Waals surface area contributed by atoms with Crippen molar-refractivity contribution in [2.45, 2.75) is 19.9 Å². The molecule has 1 aromatic heterocycles. The van der Waals surface area contributed by atoms with Crippen molar-refractivity contribution in [3.05, 3.63) is 60.4 Å². The summed E-state index contributed by atoms with van der Waals surface area (Å²) in [5.74, 6) is -0.0350. The van der Waals surface area contributed by atoms with Crippen molar-refractivity contribution < 1.29 is 4.79 Å². The van der Waals surface area contributed by atoms with Crippen LogP contribution in [0.15, 0.2) is 54.9 Å². The van der Waals surface area contributed by atoms with E-state index in [1.807, 2.05) is 54.9 Å². The van der Waals surface area contributed by atoms with Crippen molar-refractivity contribution in [2.75, 3.05) is 11.9 Å². The lowest BCUT2D eigenvalue weighted by Crippen LogP contribution is -2.26. The maximum Gasteiger partial charge on any atom is 0.258 e. The summed E-state index contributed by atoms with van der Waals surface area (Å²) in [4.78, 5) is 18.7. The van der Waals surface area contributed by atoms with E-state index >= 15 is 0 Å². The Morgan fingerprint density at radius 3 is 2.55 bits per heavy atom. The molecule has 4 heteroatoms. The number of anilines is 1. The Morgan fingerprint density at radius 2 is 1.86 bits per heavy atom. The standard InChI is InChI=1S/C18H19N3O/c1-13(2)21-12-19-16-11-14(9-10-17(16)21)18(22)20(3)15-7-5-4-6-8-15/h4-13H,1-3H3. The third-order valence-electron chi connectivity index (χ3n) is 3.83. The van der Waals surface area contributed by atoms with Crippen LogP contribution in [0.5, 0.6) is 0 Å². The normalized spacial score (nSPS) is 11.1. The van der Waals surface area contributed by atoms with E-state index in [1.54, 1.807) is 11.9 Å². The highest BCUT2D eigenvalue weighted by Gasteiger charge is 2.15. The van der Waals surface area contributed by atoms with E-state index < -0.39 is 0 Å². The monoisotopic (exact) mass is 293 g/mol. The lowest BCUT2D eigenvalue weighted by atomic mass is 10.1. The fourth-order valence-electron chi connectivity index (χ4n) is 2.54. The van der Waals surface area contributed by atoms with E-state index in [0.717, 1.165) is 16.7 Å². The van der Waals surface area contributed by atoms with Gasteiger partial charge in [0.05, 0.1) is 17.4 Å². The highest BCUT2D eigenvalue weighted by atomic mass is 16.2. The summed E-state index contributed by atoms with van der Waals surface area (Å²) in [6, 6.07) is 15.7. The number of nitrogens with zero attached hydrogens (tertiary/aromatic N) is 3.